The van der Waals surface area contributed by atoms with Crippen LogP contribution in [0, 0.1) is 11.8 Å². The Balaban J connectivity index is 1.77. The molecule has 24 heavy (non-hydrogen) atoms. The van der Waals surface area contributed by atoms with Crippen molar-refractivity contribution in [3.05, 3.63) is 82.3 Å². The summed E-state index contributed by atoms with van der Waals surface area (Å²) in [5.41, 5.74) is 5.44. The summed E-state index contributed by atoms with van der Waals surface area (Å²) in [6.45, 7) is 8.83. The van der Waals surface area contributed by atoms with Gasteiger partial charge < -0.3 is 4.74 Å². The minimum absolute atomic E-state index is 0.107. The standard InChI is InChI=1S/C21H26NO2/c1-16-5-7-19(8-6-16)13-17(2)15-24-18(3)14-20-9-11-21(12-10-20)22(4)23/h5-12,18H,2,13-15H2,1,3-4H3/q+1/t18-/m1/s1. The van der Waals surface area contributed by atoms with E-state index in [0.717, 1.165) is 28.7 Å². The number of aryl methyl sites for hydroxylation is 1. The van der Waals surface area contributed by atoms with Crippen LogP contribution in [-0.4, -0.2) is 24.5 Å². The lowest BCUT2D eigenvalue weighted by Gasteiger charge is -2.14. The molecule has 2 aromatic rings. The second-order valence-electron chi connectivity index (χ2n) is 6.40. The monoisotopic (exact) mass is 324 g/mol. The van der Waals surface area contributed by atoms with Crippen LogP contribution in [0.3, 0.4) is 0 Å². The van der Waals surface area contributed by atoms with Crippen molar-refractivity contribution in [3.8, 4) is 0 Å². The maximum atomic E-state index is 11.2. The highest BCUT2D eigenvalue weighted by molar-refractivity contribution is 5.32. The van der Waals surface area contributed by atoms with Gasteiger partial charge >= 0.3 is 0 Å². The first-order chi connectivity index (χ1) is 11.4. The Morgan fingerprint density at radius 3 is 2.25 bits per heavy atom. The zero-order chi connectivity index (χ0) is 17.5. The van der Waals surface area contributed by atoms with Crippen LogP contribution >= 0.6 is 0 Å². The Morgan fingerprint density at radius 2 is 1.67 bits per heavy atom. The molecule has 0 saturated heterocycles. The number of ether oxygens (including phenoxy) is 1. The summed E-state index contributed by atoms with van der Waals surface area (Å²) in [5.74, 6) is 0. The van der Waals surface area contributed by atoms with Crippen LogP contribution in [0.15, 0.2) is 60.7 Å². The predicted molar refractivity (Wildman–Crippen MR) is 98.8 cm³/mol. The van der Waals surface area contributed by atoms with E-state index >= 15 is 0 Å². The van der Waals surface area contributed by atoms with E-state index in [1.54, 1.807) is 0 Å². The summed E-state index contributed by atoms with van der Waals surface area (Å²) >= 11 is 0. The lowest BCUT2D eigenvalue weighted by atomic mass is 10.1. The first-order valence-corrected chi connectivity index (χ1v) is 8.27. The number of hydrogen-bond acceptors (Lipinski definition) is 2. The molecule has 0 aliphatic rings. The molecular weight excluding hydrogens is 298 g/mol. The molecule has 1 atom stereocenters. The molecule has 0 aliphatic heterocycles. The molecular formula is C21H26NO2+. The van der Waals surface area contributed by atoms with Crippen molar-refractivity contribution in [2.24, 2.45) is 0 Å². The highest BCUT2D eigenvalue weighted by atomic mass is 16.5. The average molecular weight is 324 g/mol. The van der Waals surface area contributed by atoms with Crippen molar-refractivity contribution in [2.45, 2.75) is 32.8 Å². The zero-order valence-electron chi connectivity index (χ0n) is 14.8. The summed E-state index contributed by atoms with van der Waals surface area (Å²) in [6, 6.07) is 16.1. The minimum atomic E-state index is 0.107. The number of nitrogens with zero attached hydrogens (tertiary/aromatic N) is 1. The fourth-order valence-electron chi connectivity index (χ4n) is 2.54. The van der Waals surface area contributed by atoms with Crippen molar-refractivity contribution < 1.29 is 9.50 Å². The van der Waals surface area contributed by atoms with Gasteiger partial charge in [0.1, 0.15) is 0 Å². The van der Waals surface area contributed by atoms with E-state index in [1.165, 1.54) is 18.2 Å². The first-order valence-electron chi connectivity index (χ1n) is 8.27. The van der Waals surface area contributed by atoms with Gasteiger partial charge in [0.25, 0.3) is 5.69 Å². The highest BCUT2D eigenvalue weighted by Crippen LogP contribution is 2.14. The Bertz CT molecular complexity index is 687. The number of hydrogen-bond donors (Lipinski definition) is 0. The summed E-state index contributed by atoms with van der Waals surface area (Å²) in [7, 11) is 1.50. The van der Waals surface area contributed by atoms with Crippen molar-refractivity contribution >= 4 is 5.69 Å². The number of benzene rings is 2. The third-order valence-electron chi connectivity index (χ3n) is 3.97. The van der Waals surface area contributed by atoms with Gasteiger partial charge in [-0.3, -0.25) is 0 Å². The van der Waals surface area contributed by atoms with Gasteiger partial charge in [-0.15, -0.1) is 0 Å². The van der Waals surface area contributed by atoms with E-state index in [1.807, 2.05) is 24.3 Å². The fourth-order valence-corrected chi connectivity index (χ4v) is 2.54. The van der Waals surface area contributed by atoms with Crippen LogP contribution < -0.4 is 0 Å². The predicted octanol–water partition coefficient (Wildman–Crippen LogP) is 4.78. The SMILES string of the molecule is C=C(CO[C@H](C)Cc1ccc([N+](C)=O)cc1)Cc1ccc(C)cc1. The molecule has 0 spiro atoms. The topological polar surface area (TPSA) is 29.3 Å². The molecule has 0 unspecified atom stereocenters. The normalized spacial score (nSPS) is 12.0. The molecule has 3 nitrogen and oxygen atoms in total. The van der Waals surface area contributed by atoms with Gasteiger partial charge in [-0.1, -0.05) is 48.5 Å². The maximum absolute atomic E-state index is 11.2. The smallest absolute Gasteiger partial charge is 0.255 e. The van der Waals surface area contributed by atoms with Gasteiger partial charge in [0.15, 0.2) is 7.05 Å². The molecule has 0 amide bonds. The second-order valence-corrected chi connectivity index (χ2v) is 6.40. The molecule has 2 aromatic carbocycles. The summed E-state index contributed by atoms with van der Waals surface area (Å²) < 4.78 is 6.77. The molecule has 0 N–H and O–H groups in total. The Kier molecular flexibility index (Phi) is 6.44. The van der Waals surface area contributed by atoms with Crippen molar-refractivity contribution in [1.29, 1.82) is 0 Å². The average Bonchev–Trinajstić information content (AvgIpc) is 2.55. The van der Waals surface area contributed by atoms with Crippen molar-refractivity contribution in [2.75, 3.05) is 13.7 Å². The molecule has 0 aliphatic carbocycles. The van der Waals surface area contributed by atoms with Gasteiger partial charge in [0.2, 0.25) is 0 Å². The number of rotatable bonds is 8. The molecule has 0 heterocycles. The summed E-state index contributed by atoms with van der Waals surface area (Å²) in [6.07, 6.45) is 1.77. The van der Waals surface area contributed by atoms with E-state index in [-0.39, 0.29) is 6.10 Å². The van der Waals surface area contributed by atoms with Crippen LogP contribution in [0.25, 0.3) is 0 Å². The van der Waals surface area contributed by atoms with E-state index in [2.05, 4.69) is 44.7 Å². The van der Waals surface area contributed by atoms with Crippen LogP contribution in [0.2, 0.25) is 0 Å². The van der Waals surface area contributed by atoms with E-state index < -0.39 is 0 Å². The number of nitroso groups, excluding NO2 is 1. The third-order valence-corrected chi connectivity index (χ3v) is 3.97. The van der Waals surface area contributed by atoms with Crippen LogP contribution in [0.1, 0.15) is 23.6 Å². The van der Waals surface area contributed by atoms with Gasteiger partial charge in [0.05, 0.1) is 12.7 Å². The second kappa shape index (κ2) is 8.55. The largest absolute Gasteiger partial charge is 0.374 e. The summed E-state index contributed by atoms with van der Waals surface area (Å²) in [4.78, 5) is 11.2. The van der Waals surface area contributed by atoms with Gasteiger partial charge in [0, 0.05) is 21.8 Å². The van der Waals surface area contributed by atoms with Gasteiger partial charge in [-0.25, -0.2) is 0 Å². The Morgan fingerprint density at radius 1 is 1.08 bits per heavy atom. The quantitative estimate of drug-likeness (QED) is 0.516. The molecule has 2 rings (SSSR count). The molecule has 0 saturated carbocycles. The first kappa shape index (κ1) is 18.1. The Labute approximate surface area is 144 Å². The van der Waals surface area contributed by atoms with Crippen molar-refractivity contribution in [1.82, 2.24) is 0 Å². The molecule has 126 valence electrons. The summed E-state index contributed by atoms with van der Waals surface area (Å²) in [5, 5.41) is 0. The lowest BCUT2D eigenvalue weighted by Crippen LogP contribution is -2.14. The van der Waals surface area contributed by atoms with Crippen LogP contribution in [-0.2, 0) is 17.6 Å². The third kappa shape index (κ3) is 5.74. The Hall–Kier alpha value is -2.26. The van der Waals surface area contributed by atoms with Crippen molar-refractivity contribution in [3.63, 3.8) is 0 Å². The molecule has 3 heteroatoms. The van der Waals surface area contributed by atoms with Gasteiger partial charge in [-0.2, -0.15) is 0 Å². The van der Waals surface area contributed by atoms with E-state index in [0.29, 0.717) is 12.3 Å². The highest BCUT2D eigenvalue weighted by Gasteiger charge is 2.09. The molecule has 0 fully saturated rings. The lowest BCUT2D eigenvalue weighted by molar-refractivity contribution is -0.428. The van der Waals surface area contributed by atoms with Gasteiger partial charge in [-0.05, 0) is 43.4 Å². The molecule has 0 bridgehead atoms. The molecule has 0 radical (unpaired) electrons. The van der Waals surface area contributed by atoms with E-state index in [9.17, 15) is 4.91 Å². The van der Waals surface area contributed by atoms with Crippen LogP contribution in [0.4, 0.5) is 5.69 Å². The van der Waals surface area contributed by atoms with Crippen LogP contribution in [0.5, 0.6) is 0 Å². The van der Waals surface area contributed by atoms with E-state index in [4.69, 9.17) is 4.74 Å². The molecule has 0 aromatic heterocycles. The zero-order valence-corrected chi connectivity index (χ0v) is 14.8. The fraction of sp³-hybridized carbons (Fsp3) is 0.333. The minimum Gasteiger partial charge on any atom is -0.374 e. The maximum Gasteiger partial charge on any atom is 0.255 e.